The summed E-state index contributed by atoms with van der Waals surface area (Å²) >= 11 is 0. The van der Waals surface area contributed by atoms with Crippen LogP contribution in [0.25, 0.3) is 0 Å². The summed E-state index contributed by atoms with van der Waals surface area (Å²) in [4.78, 5) is 25.5. The zero-order valence-corrected chi connectivity index (χ0v) is 25.0. The first-order valence-corrected chi connectivity index (χ1v) is 14.5. The predicted molar refractivity (Wildman–Crippen MR) is 167 cm³/mol. The van der Waals surface area contributed by atoms with E-state index in [0.717, 1.165) is 49.8 Å². The zero-order valence-electron chi connectivity index (χ0n) is 25.0. The van der Waals surface area contributed by atoms with Gasteiger partial charge in [-0.3, -0.25) is 0 Å². The summed E-state index contributed by atoms with van der Waals surface area (Å²) in [6, 6.07) is 18.6. The van der Waals surface area contributed by atoms with Crippen LogP contribution in [0.5, 0.6) is 23.0 Å². The Morgan fingerprint density at radius 1 is 0.643 bits per heavy atom. The van der Waals surface area contributed by atoms with Gasteiger partial charge in [0.05, 0.1) is 24.3 Å². The molecule has 222 valence electrons. The van der Waals surface area contributed by atoms with Crippen LogP contribution >= 0.6 is 0 Å². The van der Waals surface area contributed by atoms with Crippen LogP contribution in [-0.4, -0.2) is 25.2 Å². The van der Waals surface area contributed by atoms with E-state index in [4.69, 9.17) is 18.9 Å². The number of esters is 2. The Morgan fingerprint density at radius 2 is 1.12 bits per heavy atom. The number of carbonyl (C=O) groups is 2. The highest BCUT2D eigenvalue weighted by Crippen LogP contribution is 2.33. The van der Waals surface area contributed by atoms with Crippen LogP contribution in [0.2, 0.25) is 0 Å². The van der Waals surface area contributed by atoms with E-state index in [0.29, 0.717) is 41.6 Å². The first kappa shape index (κ1) is 32.2. The lowest BCUT2D eigenvalue weighted by Crippen LogP contribution is -2.16. The monoisotopic (exact) mass is 570 g/mol. The van der Waals surface area contributed by atoms with E-state index in [1.165, 1.54) is 0 Å². The standard InChI is InChI=1S/C36H42O6/c1-6-8-10-12-24-39-29-17-14-27(15-18-29)34(37)41-30-19-21-31(22-20-30)42-35(38)28-16-23-33(32(26-28)36(3,4)5)40-25-13-11-9-7-2/h6-7,14-23,26H,1-2,8-13,24-25H2,3-5H3. The second-order valence-corrected chi connectivity index (χ2v) is 11.0. The molecule has 0 radical (unpaired) electrons. The molecular formula is C36H42O6. The minimum absolute atomic E-state index is 0.225. The number of hydrogen-bond acceptors (Lipinski definition) is 6. The van der Waals surface area contributed by atoms with Crippen molar-refractivity contribution < 1.29 is 28.5 Å². The van der Waals surface area contributed by atoms with Gasteiger partial charge >= 0.3 is 11.9 Å². The van der Waals surface area contributed by atoms with Crippen LogP contribution in [-0.2, 0) is 5.41 Å². The highest BCUT2D eigenvalue weighted by molar-refractivity contribution is 5.92. The minimum atomic E-state index is -0.491. The van der Waals surface area contributed by atoms with Crippen molar-refractivity contribution in [3.05, 3.63) is 109 Å². The maximum absolute atomic E-state index is 13.0. The topological polar surface area (TPSA) is 71.1 Å². The van der Waals surface area contributed by atoms with Gasteiger partial charge in [0.25, 0.3) is 0 Å². The van der Waals surface area contributed by atoms with Crippen molar-refractivity contribution in [2.45, 2.75) is 64.7 Å². The normalized spacial score (nSPS) is 10.9. The molecule has 0 atom stereocenters. The van der Waals surface area contributed by atoms with Gasteiger partial charge in [0, 0.05) is 5.56 Å². The first-order chi connectivity index (χ1) is 20.2. The summed E-state index contributed by atoms with van der Waals surface area (Å²) in [5.41, 5.74) is 1.55. The van der Waals surface area contributed by atoms with Crippen molar-refractivity contribution in [2.24, 2.45) is 0 Å². The average Bonchev–Trinajstić information content (AvgIpc) is 2.97. The largest absolute Gasteiger partial charge is 0.494 e. The van der Waals surface area contributed by atoms with Gasteiger partial charge in [-0.25, -0.2) is 9.59 Å². The summed E-state index contributed by atoms with van der Waals surface area (Å²) < 4.78 is 22.8. The molecule has 42 heavy (non-hydrogen) atoms. The number of unbranched alkanes of at least 4 members (excludes halogenated alkanes) is 4. The summed E-state index contributed by atoms with van der Waals surface area (Å²) in [5, 5.41) is 0. The van der Waals surface area contributed by atoms with E-state index in [-0.39, 0.29) is 5.41 Å². The molecule has 0 aliphatic carbocycles. The lowest BCUT2D eigenvalue weighted by atomic mass is 9.85. The van der Waals surface area contributed by atoms with Gasteiger partial charge in [-0.1, -0.05) is 32.9 Å². The molecule has 6 nitrogen and oxygen atoms in total. The average molecular weight is 571 g/mol. The van der Waals surface area contributed by atoms with Crippen LogP contribution in [0.3, 0.4) is 0 Å². The number of carbonyl (C=O) groups excluding carboxylic acids is 2. The van der Waals surface area contributed by atoms with E-state index in [9.17, 15) is 9.59 Å². The smallest absolute Gasteiger partial charge is 0.343 e. The van der Waals surface area contributed by atoms with Crippen LogP contribution in [0.15, 0.2) is 92.0 Å². The maximum atomic E-state index is 13.0. The van der Waals surface area contributed by atoms with Crippen LogP contribution in [0.4, 0.5) is 0 Å². The molecule has 6 heteroatoms. The number of allylic oxidation sites excluding steroid dienone is 2. The second-order valence-electron chi connectivity index (χ2n) is 11.0. The first-order valence-electron chi connectivity index (χ1n) is 14.5. The number of hydrogen-bond donors (Lipinski definition) is 0. The van der Waals surface area contributed by atoms with Crippen molar-refractivity contribution in [2.75, 3.05) is 13.2 Å². The molecule has 0 aliphatic heterocycles. The molecule has 0 saturated heterocycles. The lowest BCUT2D eigenvalue weighted by Gasteiger charge is -2.23. The number of benzene rings is 3. The summed E-state index contributed by atoms with van der Waals surface area (Å²) in [6.45, 7) is 14.9. The molecule has 3 aromatic rings. The van der Waals surface area contributed by atoms with Crippen LogP contribution in [0.1, 0.15) is 85.6 Å². The molecule has 0 unspecified atom stereocenters. The molecule has 0 amide bonds. The highest BCUT2D eigenvalue weighted by Gasteiger charge is 2.22. The lowest BCUT2D eigenvalue weighted by molar-refractivity contribution is 0.0719. The van der Waals surface area contributed by atoms with E-state index in [1.807, 2.05) is 24.3 Å². The second kappa shape index (κ2) is 16.2. The fourth-order valence-corrected chi connectivity index (χ4v) is 4.12. The Hall–Kier alpha value is -4.32. The van der Waals surface area contributed by atoms with Gasteiger partial charge in [0.2, 0.25) is 0 Å². The third kappa shape index (κ3) is 10.3. The van der Waals surface area contributed by atoms with Crippen LogP contribution < -0.4 is 18.9 Å². The van der Waals surface area contributed by atoms with E-state index in [1.54, 1.807) is 54.6 Å². The van der Waals surface area contributed by atoms with E-state index in [2.05, 4.69) is 33.9 Å². The Kier molecular flexibility index (Phi) is 12.4. The molecule has 0 aliphatic rings. The maximum Gasteiger partial charge on any atom is 0.343 e. The molecule has 0 saturated carbocycles. The molecule has 0 N–H and O–H groups in total. The third-order valence-corrected chi connectivity index (χ3v) is 6.49. The van der Waals surface area contributed by atoms with Gasteiger partial charge < -0.3 is 18.9 Å². The van der Waals surface area contributed by atoms with Gasteiger partial charge in [-0.2, -0.15) is 0 Å². The fourth-order valence-electron chi connectivity index (χ4n) is 4.12. The molecule has 0 aromatic heterocycles. The SMILES string of the molecule is C=CCCCCOc1ccc(C(=O)Oc2ccc(OC(=O)c3ccc(OCCCCC=C)c(C(C)(C)C)c3)cc2)cc1. The molecular weight excluding hydrogens is 528 g/mol. The van der Waals surface area contributed by atoms with Crippen molar-refractivity contribution in [1.82, 2.24) is 0 Å². The number of ether oxygens (including phenoxy) is 4. The quantitative estimate of drug-likeness (QED) is 0.0741. The Bertz CT molecular complexity index is 1320. The summed E-state index contributed by atoms with van der Waals surface area (Å²) in [7, 11) is 0. The van der Waals surface area contributed by atoms with Gasteiger partial charge in [-0.05, 0) is 111 Å². The molecule has 0 heterocycles. The van der Waals surface area contributed by atoms with Crippen molar-refractivity contribution in [1.29, 1.82) is 0 Å². The van der Waals surface area contributed by atoms with Crippen molar-refractivity contribution in [3.8, 4) is 23.0 Å². The molecule has 3 aromatic carbocycles. The Morgan fingerprint density at radius 3 is 1.64 bits per heavy atom. The van der Waals surface area contributed by atoms with Gasteiger partial charge in [-0.15, -0.1) is 13.2 Å². The van der Waals surface area contributed by atoms with Gasteiger partial charge in [0.15, 0.2) is 0 Å². The molecule has 0 spiro atoms. The molecule has 0 fully saturated rings. The molecule has 0 bridgehead atoms. The summed E-state index contributed by atoms with van der Waals surface area (Å²) in [6.07, 6.45) is 9.67. The van der Waals surface area contributed by atoms with Crippen molar-refractivity contribution >= 4 is 11.9 Å². The highest BCUT2D eigenvalue weighted by atomic mass is 16.5. The van der Waals surface area contributed by atoms with E-state index >= 15 is 0 Å². The third-order valence-electron chi connectivity index (χ3n) is 6.49. The minimum Gasteiger partial charge on any atom is -0.494 e. The fraction of sp³-hybridized carbons (Fsp3) is 0.333. The Balaban J connectivity index is 1.56. The molecule has 3 rings (SSSR count). The predicted octanol–water partition coefficient (Wildman–Crippen LogP) is 8.89. The van der Waals surface area contributed by atoms with E-state index < -0.39 is 11.9 Å². The van der Waals surface area contributed by atoms with Crippen molar-refractivity contribution in [3.63, 3.8) is 0 Å². The summed E-state index contributed by atoms with van der Waals surface area (Å²) in [5.74, 6) is 1.18. The van der Waals surface area contributed by atoms with Crippen LogP contribution in [0, 0.1) is 0 Å². The number of rotatable bonds is 16. The zero-order chi connectivity index (χ0) is 30.4. The Labute approximate surface area is 250 Å². The van der Waals surface area contributed by atoms with Gasteiger partial charge in [0.1, 0.15) is 23.0 Å².